The summed E-state index contributed by atoms with van der Waals surface area (Å²) in [5, 5.41) is 9.09. The van der Waals surface area contributed by atoms with Gasteiger partial charge in [0.1, 0.15) is 11.6 Å². The number of nitrogens with one attached hydrogen (secondary N) is 3. The molecule has 9 heteroatoms. The molecule has 1 aliphatic heterocycles. The Morgan fingerprint density at radius 1 is 0.854 bits per heavy atom. The number of anilines is 3. The van der Waals surface area contributed by atoms with E-state index in [9.17, 15) is 14.0 Å². The van der Waals surface area contributed by atoms with Crippen molar-refractivity contribution in [3.05, 3.63) is 108 Å². The number of nitrogens with zero attached hydrogens (tertiary/aromatic N) is 2. The molecule has 0 bridgehead atoms. The van der Waals surface area contributed by atoms with Gasteiger partial charge in [0.15, 0.2) is 0 Å². The summed E-state index contributed by atoms with van der Waals surface area (Å²) in [4.78, 5) is 30.5. The monoisotopic (exact) mass is 553 g/mol. The van der Waals surface area contributed by atoms with Crippen LogP contribution in [0.4, 0.5) is 21.5 Å². The highest BCUT2D eigenvalue weighted by Gasteiger charge is 2.19. The molecule has 0 saturated carbocycles. The van der Waals surface area contributed by atoms with Gasteiger partial charge < -0.3 is 20.7 Å². The van der Waals surface area contributed by atoms with Gasteiger partial charge in [0.2, 0.25) is 11.8 Å². The van der Waals surface area contributed by atoms with E-state index in [4.69, 9.17) is 4.74 Å². The lowest BCUT2D eigenvalue weighted by Gasteiger charge is -2.32. The van der Waals surface area contributed by atoms with E-state index in [-0.39, 0.29) is 17.6 Å². The van der Waals surface area contributed by atoms with Crippen LogP contribution in [0.1, 0.15) is 35.7 Å². The van der Waals surface area contributed by atoms with E-state index in [0.717, 1.165) is 43.7 Å². The SMILES string of the molecule is CC(=O)Nc1ccc(Oc2ccc(CN3CCC(Nc4ccc(C(=O)Nc5ccc(F)cc5)cc4)CC3)cn2)cc1. The van der Waals surface area contributed by atoms with Crippen LogP contribution in [0, 0.1) is 5.82 Å². The minimum atomic E-state index is -0.342. The molecule has 41 heavy (non-hydrogen) atoms. The number of hydrogen-bond acceptors (Lipinski definition) is 6. The molecule has 5 rings (SSSR count). The number of amides is 2. The van der Waals surface area contributed by atoms with Gasteiger partial charge in [-0.1, -0.05) is 6.07 Å². The van der Waals surface area contributed by atoms with Crippen molar-refractivity contribution in [1.29, 1.82) is 0 Å². The van der Waals surface area contributed by atoms with Crippen molar-refractivity contribution in [3.8, 4) is 11.6 Å². The number of aromatic nitrogens is 1. The quantitative estimate of drug-likeness (QED) is 0.225. The standard InChI is InChI=1S/C32H32FN5O3/c1-22(39)35-26-11-13-30(14-12-26)41-31-15-2-23(20-34-31)21-38-18-16-29(17-19-38)36-27-7-3-24(4-8-27)32(40)37-28-9-5-25(33)6-10-28/h2-15,20,29,36H,16-19,21H2,1H3,(H,35,39)(H,37,40). The summed E-state index contributed by atoms with van der Waals surface area (Å²) >= 11 is 0. The fourth-order valence-corrected chi connectivity index (χ4v) is 4.68. The smallest absolute Gasteiger partial charge is 0.255 e. The summed E-state index contributed by atoms with van der Waals surface area (Å²) in [6.45, 7) is 4.23. The average molecular weight is 554 g/mol. The van der Waals surface area contributed by atoms with Gasteiger partial charge in [-0.25, -0.2) is 9.37 Å². The molecule has 0 atom stereocenters. The summed E-state index contributed by atoms with van der Waals surface area (Å²) in [7, 11) is 0. The Balaban J connectivity index is 1.05. The molecule has 2 heterocycles. The number of rotatable bonds is 9. The number of carbonyl (C=O) groups is 2. The Kier molecular flexibility index (Phi) is 8.85. The Bertz CT molecular complexity index is 1450. The van der Waals surface area contributed by atoms with Crippen LogP contribution in [0.25, 0.3) is 0 Å². The largest absolute Gasteiger partial charge is 0.439 e. The van der Waals surface area contributed by atoms with E-state index in [0.29, 0.717) is 34.6 Å². The Morgan fingerprint density at radius 3 is 2.12 bits per heavy atom. The zero-order chi connectivity index (χ0) is 28.6. The molecule has 3 N–H and O–H groups in total. The van der Waals surface area contributed by atoms with E-state index in [1.807, 2.05) is 30.5 Å². The van der Waals surface area contributed by atoms with E-state index in [2.05, 4.69) is 25.8 Å². The highest BCUT2D eigenvalue weighted by Crippen LogP contribution is 2.23. The normalized spacial score (nSPS) is 13.8. The van der Waals surface area contributed by atoms with Crippen LogP contribution < -0.4 is 20.7 Å². The van der Waals surface area contributed by atoms with E-state index < -0.39 is 0 Å². The van der Waals surface area contributed by atoms with Crippen LogP contribution in [-0.4, -0.2) is 40.8 Å². The molecule has 1 fully saturated rings. The zero-order valence-corrected chi connectivity index (χ0v) is 22.8. The second-order valence-corrected chi connectivity index (χ2v) is 10.0. The lowest BCUT2D eigenvalue weighted by Crippen LogP contribution is -2.38. The number of likely N-dealkylation sites (tertiary alicyclic amines) is 1. The van der Waals surface area contributed by atoms with Crippen LogP contribution in [0.15, 0.2) is 91.1 Å². The predicted octanol–water partition coefficient (Wildman–Crippen LogP) is 6.30. The maximum absolute atomic E-state index is 13.1. The van der Waals surface area contributed by atoms with Gasteiger partial charge >= 0.3 is 0 Å². The number of halogens is 1. The van der Waals surface area contributed by atoms with Crippen molar-refractivity contribution in [2.45, 2.75) is 32.4 Å². The van der Waals surface area contributed by atoms with Crippen LogP contribution >= 0.6 is 0 Å². The molecule has 0 unspecified atom stereocenters. The molecule has 0 radical (unpaired) electrons. The third-order valence-electron chi connectivity index (χ3n) is 6.81. The third-order valence-corrected chi connectivity index (χ3v) is 6.81. The highest BCUT2D eigenvalue weighted by atomic mass is 19.1. The molecule has 3 aromatic carbocycles. The van der Waals surface area contributed by atoms with Gasteiger partial charge in [-0.3, -0.25) is 14.5 Å². The van der Waals surface area contributed by atoms with Crippen molar-refractivity contribution in [2.24, 2.45) is 0 Å². The number of hydrogen-bond donors (Lipinski definition) is 3. The molecule has 0 aliphatic carbocycles. The fraction of sp³-hybridized carbons (Fsp3) is 0.219. The Hall–Kier alpha value is -4.76. The summed E-state index contributed by atoms with van der Waals surface area (Å²) in [5.74, 6) is 0.475. The minimum absolute atomic E-state index is 0.116. The van der Waals surface area contributed by atoms with Gasteiger partial charge in [0, 0.05) is 67.5 Å². The summed E-state index contributed by atoms with van der Waals surface area (Å²) in [6.07, 6.45) is 3.87. The second kappa shape index (κ2) is 13.1. The fourth-order valence-electron chi connectivity index (χ4n) is 4.68. The molecule has 1 saturated heterocycles. The maximum atomic E-state index is 13.1. The van der Waals surface area contributed by atoms with Crippen LogP contribution in [0.2, 0.25) is 0 Å². The van der Waals surface area contributed by atoms with E-state index >= 15 is 0 Å². The molecular weight excluding hydrogens is 521 g/mol. The number of pyridine rings is 1. The molecule has 2 amide bonds. The lowest BCUT2D eigenvalue weighted by molar-refractivity contribution is -0.114. The maximum Gasteiger partial charge on any atom is 0.255 e. The molecule has 0 spiro atoms. The van der Waals surface area contributed by atoms with Crippen LogP contribution in [0.5, 0.6) is 11.6 Å². The lowest BCUT2D eigenvalue weighted by atomic mass is 10.0. The van der Waals surface area contributed by atoms with Gasteiger partial charge in [0.05, 0.1) is 0 Å². The minimum Gasteiger partial charge on any atom is -0.439 e. The zero-order valence-electron chi connectivity index (χ0n) is 22.8. The van der Waals surface area contributed by atoms with Crippen LogP contribution in [-0.2, 0) is 11.3 Å². The molecule has 1 aromatic heterocycles. The van der Waals surface area contributed by atoms with Crippen molar-refractivity contribution < 1.29 is 18.7 Å². The Morgan fingerprint density at radius 2 is 1.49 bits per heavy atom. The molecule has 4 aromatic rings. The number of benzene rings is 3. The molecular formula is C32H32FN5O3. The van der Waals surface area contributed by atoms with Crippen molar-refractivity contribution in [2.75, 3.05) is 29.0 Å². The Labute approximate surface area is 238 Å². The highest BCUT2D eigenvalue weighted by molar-refractivity contribution is 6.04. The number of ether oxygens (including phenoxy) is 1. The first-order valence-electron chi connectivity index (χ1n) is 13.6. The van der Waals surface area contributed by atoms with Crippen molar-refractivity contribution in [3.63, 3.8) is 0 Å². The first-order valence-corrected chi connectivity index (χ1v) is 13.6. The van der Waals surface area contributed by atoms with Crippen LogP contribution in [0.3, 0.4) is 0 Å². The first kappa shape index (κ1) is 27.8. The van der Waals surface area contributed by atoms with Crippen molar-refractivity contribution in [1.82, 2.24) is 9.88 Å². The van der Waals surface area contributed by atoms with E-state index in [1.54, 1.807) is 36.4 Å². The van der Waals surface area contributed by atoms with Gasteiger partial charge in [-0.05, 0) is 91.2 Å². The predicted molar refractivity (Wildman–Crippen MR) is 158 cm³/mol. The average Bonchev–Trinajstić information content (AvgIpc) is 2.97. The van der Waals surface area contributed by atoms with Crippen molar-refractivity contribution >= 4 is 28.9 Å². The molecule has 1 aliphatic rings. The second-order valence-electron chi connectivity index (χ2n) is 10.0. The first-order chi connectivity index (χ1) is 19.9. The summed E-state index contributed by atoms with van der Waals surface area (Å²) in [6, 6.07) is 24.5. The van der Waals surface area contributed by atoms with E-state index in [1.165, 1.54) is 31.2 Å². The number of piperidine rings is 1. The van der Waals surface area contributed by atoms with Gasteiger partial charge in [0.25, 0.3) is 5.91 Å². The topological polar surface area (TPSA) is 95.6 Å². The third kappa shape index (κ3) is 8.12. The van der Waals surface area contributed by atoms with Gasteiger partial charge in [-0.2, -0.15) is 0 Å². The van der Waals surface area contributed by atoms with Gasteiger partial charge in [-0.15, -0.1) is 0 Å². The number of carbonyl (C=O) groups excluding carboxylic acids is 2. The summed E-state index contributed by atoms with van der Waals surface area (Å²) in [5.41, 5.74) is 3.91. The summed E-state index contributed by atoms with van der Waals surface area (Å²) < 4.78 is 18.9. The molecule has 8 nitrogen and oxygen atoms in total. The molecule has 210 valence electrons.